The molecule has 9 nitrogen and oxygen atoms in total. The van der Waals surface area contributed by atoms with Gasteiger partial charge in [-0.3, -0.25) is 4.79 Å². The van der Waals surface area contributed by atoms with Crippen molar-refractivity contribution in [2.45, 2.75) is 24.9 Å². The van der Waals surface area contributed by atoms with Gasteiger partial charge in [0.1, 0.15) is 0 Å². The van der Waals surface area contributed by atoms with Crippen molar-refractivity contribution in [3.05, 3.63) is 29.8 Å². The molecule has 0 saturated heterocycles. The van der Waals surface area contributed by atoms with Crippen molar-refractivity contribution in [2.24, 2.45) is 0 Å². The summed E-state index contributed by atoms with van der Waals surface area (Å²) >= 11 is 1.29. The predicted molar refractivity (Wildman–Crippen MR) is 117 cm³/mol. The highest BCUT2D eigenvalue weighted by Crippen LogP contribution is 2.23. The summed E-state index contributed by atoms with van der Waals surface area (Å²) in [6, 6.07) is 7.90. The quantitative estimate of drug-likeness (QED) is 0.590. The van der Waals surface area contributed by atoms with Gasteiger partial charge in [-0.2, -0.15) is 9.97 Å². The van der Waals surface area contributed by atoms with Gasteiger partial charge in [-0.25, -0.2) is 4.40 Å². The molecule has 0 atom stereocenters. The van der Waals surface area contributed by atoms with E-state index in [-0.39, 0.29) is 11.7 Å². The maximum atomic E-state index is 12.4. The van der Waals surface area contributed by atoms with E-state index in [2.05, 4.69) is 39.3 Å². The van der Waals surface area contributed by atoms with Crippen LogP contribution in [0.1, 0.15) is 25.3 Å². The van der Waals surface area contributed by atoms with E-state index in [9.17, 15) is 4.79 Å². The number of hydrogen-bond donors (Lipinski definition) is 1. The largest absolute Gasteiger partial charge is 0.348 e. The Morgan fingerprint density at radius 2 is 1.76 bits per heavy atom. The van der Waals surface area contributed by atoms with Crippen LogP contribution in [0.3, 0.4) is 0 Å². The molecule has 0 spiro atoms. The molecule has 3 aromatic rings. The lowest BCUT2D eigenvalue weighted by Crippen LogP contribution is -2.20. The fraction of sp³-hybridized carbons (Fsp3) is 0.421. The highest BCUT2D eigenvalue weighted by molar-refractivity contribution is 7.99. The lowest BCUT2D eigenvalue weighted by molar-refractivity contribution is -0.113. The molecule has 29 heavy (non-hydrogen) atoms. The summed E-state index contributed by atoms with van der Waals surface area (Å²) in [6.45, 7) is 4.28. The summed E-state index contributed by atoms with van der Waals surface area (Å²) in [7, 11) is 7.52. The van der Waals surface area contributed by atoms with Gasteiger partial charge in [0.2, 0.25) is 17.8 Å². The molecule has 154 valence electrons. The molecule has 1 N–H and O–H groups in total. The van der Waals surface area contributed by atoms with Crippen molar-refractivity contribution in [1.29, 1.82) is 0 Å². The Labute approximate surface area is 174 Å². The van der Waals surface area contributed by atoms with Gasteiger partial charge in [0.05, 0.1) is 5.75 Å². The molecule has 0 aliphatic heterocycles. The van der Waals surface area contributed by atoms with Gasteiger partial charge >= 0.3 is 0 Å². The Balaban J connectivity index is 1.74. The van der Waals surface area contributed by atoms with Crippen LogP contribution in [-0.4, -0.2) is 64.4 Å². The molecular weight excluding hydrogens is 388 g/mol. The summed E-state index contributed by atoms with van der Waals surface area (Å²) in [5, 5.41) is 11.8. The number of carbonyl (C=O) groups excluding carboxylic acids is 1. The standard InChI is InChI=1S/C19H26N8OS/c1-12(2)13-7-9-14(10-8-13)20-15(28)11-29-19-24-23-17-21-16(25(3)4)22-18(26(5)6)27(17)19/h7-10,12H,11H2,1-6H3,(H,20,28). The summed E-state index contributed by atoms with van der Waals surface area (Å²) < 4.78 is 1.75. The molecule has 0 fully saturated rings. The van der Waals surface area contributed by atoms with E-state index >= 15 is 0 Å². The number of carbonyl (C=O) groups is 1. The first-order valence-electron chi connectivity index (χ1n) is 9.26. The van der Waals surface area contributed by atoms with E-state index in [1.165, 1.54) is 17.3 Å². The van der Waals surface area contributed by atoms with Gasteiger partial charge in [-0.05, 0) is 23.6 Å². The van der Waals surface area contributed by atoms with Crippen LogP contribution in [0.2, 0.25) is 0 Å². The number of thioether (sulfide) groups is 1. The molecule has 3 rings (SSSR count). The average Bonchev–Trinajstić information content (AvgIpc) is 3.09. The van der Waals surface area contributed by atoms with E-state index in [4.69, 9.17) is 0 Å². The lowest BCUT2D eigenvalue weighted by atomic mass is 10.0. The van der Waals surface area contributed by atoms with Gasteiger partial charge < -0.3 is 15.1 Å². The molecule has 0 unspecified atom stereocenters. The molecule has 10 heteroatoms. The van der Waals surface area contributed by atoms with Gasteiger partial charge in [0.25, 0.3) is 5.78 Å². The monoisotopic (exact) mass is 414 g/mol. The second kappa shape index (κ2) is 8.64. The summed E-state index contributed by atoms with van der Waals surface area (Å²) in [6.07, 6.45) is 0. The number of nitrogens with one attached hydrogen (secondary N) is 1. The summed E-state index contributed by atoms with van der Waals surface area (Å²) in [5.74, 6) is 2.19. The number of nitrogens with zero attached hydrogens (tertiary/aromatic N) is 7. The number of aromatic nitrogens is 5. The van der Waals surface area contributed by atoms with Crippen molar-refractivity contribution in [1.82, 2.24) is 24.6 Å². The second-order valence-corrected chi connectivity index (χ2v) is 8.29. The van der Waals surface area contributed by atoms with Crippen LogP contribution < -0.4 is 15.1 Å². The zero-order valence-electron chi connectivity index (χ0n) is 17.5. The SMILES string of the molecule is CC(C)c1ccc(NC(=O)CSc2nnc3nc(N(C)C)nc(N(C)C)n23)cc1. The fourth-order valence-corrected chi connectivity index (χ4v) is 3.36. The Morgan fingerprint density at radius 1 is 1.07 bits per heavy atom. The van der Waals surface area contributed by atoms with Gasteiger partial charge in [-0.1, -0.05) is 37.7 Å². The number of fused-ring (bicyclic) bond motifs is 1. The number of amides is 1. The van der Waals surface area contributed by atoms with Gasteiger partial charge in [0, 0.05) is 33.9 Å². The van der Waals surface area contributed by atoms with Crippen molar-refractivity contribution in [2.75, 3.05) is 49.1 Å². The third-order valence-electron chi connectivity index (χ3n) is 4.21. The van der Waals surface area contributed by atoms with E-state index < -0.39 is 0 Å². The third-order valence-corrected chi connectivity index (χ3v) is 5.14. The number of benzene rings is 1. The number of rotatable bonds is 7. The maximum absolute atomic E-state index is 12.4. The smallest absolute Gasteiger partial charge is 0.261 e. The summed E-state index contributed by atoms with van der Waals surface area (Å²) in [4.78, 5) is 25.0. The van der Waals surface area contributed by atoms with Crippen LogP contribution in [0.15, 0.2) is 29.4 Å². The van der Waals surface area contributed by atoms with Crippen LogP contribution in [0.25, 0.3) is 5.78 Å². The third kappa shape index (κ3) is 4.76. The van der Waals surface area contributed by atoms with Crippen molar-refractivity contribution in [3.8, 4) is 0 Å². The van der Waals surface area contributed by atoms with Crippen LogP contribution in [0.5, 0.6) is 0 Å². The Hall–Kier alpha value is -2.88. The van der Waals surface area contributed by atoms with Crippen LogP contribution in [-0.2, 0) is 4.79 Å². The molecule has 1 amide bonds. The van der Waals surface area contributed by atoms with E-state index in [0.29, 0.717) is 28.7 Å². The minimum absolute atomic E-state index is 0.110. The Bertz CT molecular complexity index is 997. The highest BCUT2D eigenvalue weighted by Gasteiger charge is 2.18. The molecule has 0 radical (unpaired) electrons. The summed E-state index contributed by atoms with van der Waals surface area (Å²) in [5.41, 5.74) is 2.01. The molecule has 2 heterocycles. The molecule has 0 bridgehead atoms. The van der Waals surface area contributed by atoms with E-state index in [0.717, 1.165) is 5.69 Å². The lowest BCUT2D eigenvalue weighted by Gasteiger charge is -2.17. The van der Waals surface area contributed by atoms with Crippen molar-refractivity contribution >= 4 is 41.0 Å². The minimum Gasteiger partial charge on any atom is -0.348 e. The van der Waals surface area contributed by atoms with E-state index in [1.807, 2.05) is 62.3 Å². The molecule has 1 aromatic carbocycles. The molecule has 2 aromatic heterocycles. The highest BCUT2D eigenvalue weighted by atomic mass is 32.2. The topological polar surface area (TPSA) is 91.5 Å². The average molecular weight is 415 g/mol. The zero-order valence-corrected chi connectivity index (χ0v) is 18.4. The molecule has 0 aliphatic carbocycles. The van der Waals surface area contributed by atoms with Crippen LogP contribution in [0, 0.1) is 0 Å². The number of hydrogen-bond acceptors (Lipinski definition) is 8. The van der Waals surface area contributed by atoms with E-state index in [1.54, 1.807) is 4.40 Å². The first-order valence-corrected chi connectivity index (χ1v) is 10.2. The van der Waals surface area contributed by atoms with Gasteiger partial charge in [0.15, 0.2) is 5.16 Å². The Morgan fingerprint density at radius 3 is 2.34 bits per heavy atom. The normalized spacial score (nSPS) is 11.1. The maximum Gasteiger partial charge on any atom is 0.261 e. The van der Waals surface area contributed by atoms with Gasteiger partial charge in [-0.15, -0.1) is 10.2 Å². The second-order valence-electron chi connectivity index (χ2n) is 7.34. The van der Waals surface area contributed by atoms with Crippen LogP contribution in [0.4, 0.5) is 17.6 Å². The molecular formula is C19H26N8OS. The molecule has 0 saturated carbocycles. The van der Waals surface area contributed by atoms with Crippen molar-refractivity contribution < 1.29 is 4.79 Å². The Kier molecular flexibility index (Phi) is 6.21. The predicted octanol–water partition coefficient (Wildman–Crippen LogP) is 2.51. The first kappa shape index (κ1) is 20.8. The van der Waals surface area contributed by atoms with Crippen molar-refractivity contribution in [3.63, 3.8) is 0 Å². The number of anilines is 3. The first-order chi connectivity index (χ1) is 13.8. The minimum atomic E-state index is -0.110. The fourth-order valence-electron chi connectivity index (χ4n) is 2.64. The molecule has 0 aliphatic rings. The van der Waals surface area contributed by atoms with Crippen LogP contribution >= 0.6 is 11.8 Å². The zero-order chi connectivity index (χ0) is 21.1.